The monoisotopic (exact) mass is 293 g/mol. The average Bonchev–Trinajstić information content (AvgIpc) is 3.09. The van der Waals surface area contributed by atoms with Gasteiger partial charge in [-0.1, -0.05) is 6.92 Å². The summed E-state index contributed by atoms with van der Waals surface area (Å²) in [5.74, 6) is 0. The molecular formula is C16H27N3S. The number of likely N-dealkylation sites (tertiary alicyclic amines) is 2. The van der Waals surface area contributed by atoms with E-state index >= 15 is 0 Å². The Morgan fingerprint density at radius 2 is 2.25 bits per heavy atom. The molecule has 0 amide bonds. The van der Waals surface area contributed by atoms with Gasteiger partial charge in [-0.05, 0) is 51.1 Å². The molecule has 0 aromatic carbocycles. The van der Waals surface area contributed by atoms with Crippen LogP contribution in [0.4, 0.5) is 0 Å². The molecule has 0 aliphatic carbocycles. The molecule has 112 valence electrons. The van der Waals surface area contributed by atoms with Gasteiger partial charge in [-0.15, -0.1) is 11.3 Å². The normalized spacial score (nSPS) is 30.1. The lowest BCUT2D eigenvalue weighted by molar-refractivity contribution is 0.0823. The summed E-state index contributed by atoms with van der Waals surface area (Å²) < 4.78 is 0. The fourth-order valence-electron chi connectivity index (χ4n) is 3.90. The summed E-state index contributed by atoms with van der Waals surface area (Å²) in [7, 11) is 0. The minimum absolute atomic E-state index is 0.568. The predicted octanol–water partition coefficient (Wildman–Crippen LogP) is 3.23. The van der Waals surface area contributed by atoms with E-state index in [1.165, 1.54) is 56.9 Å². The van der Waals surface area contributed by atoms with E-state index in [4.69, 9.17) is 0 Å². The van der Waals surface area contributed by atoms with E-state index in [0.29, 0.717) is 5.41 Å². The topological polar surface area (TPSA) is 19.4 Å². The summed E-state index contributed by atoms with van der Waals surface area (Å²) in [6, 6.07) is 0.753. The zero-order valence-electron chi connectivity index (χ0n) is 12.8. The minimum Gasteiger partial charge on any atom is -0.300 e. The van der Waals surface area contributed by atoms with Crippen LogP contribution in [0.1, 0.15) is 44.5 Å². The Kier molecular flexibility index (Phi) is 4.43. The van der Waals surface area contributed by atoms with Gasteiger partial charge in [0.1, 0.15) is 5.01 Å². The van der Waals surface area contributed by atoms with Gasteiger partial charge in [0, 0.05) is 30.7 Å². The molecule has 2 atom stereocenters. The quantitative estimate of drug-likeness (QED) is 0.849. The number of hydrogen-bond donors (Lipinski definition) is 0. The molecule has 2 aliphatic heterocycles. The molecule has 3 nitrogen and oxygen atoms in total. The number of aromatic nitrogens is 1. The molecule has 1 spiro atoms. The number of nitrogens with zero attached hydrogens (tertiary/aromatic N) is 3. The summed E-state index contributed by atoms with van der Waals surface area (Å²) in [5, 5.41) is 3.37. The van der Waals surface area contributed by atoms with Gasteiger partial charge in [-0.25, -0.2) is 4.98 Å². The summed E-state index contributed by atoms with van der Waals surface area (Å²) >= 11 is 1.79. The molecule has 0 N–H and O–H groups in total. The third kappa shape index (κ3) is 3.07. The highest BCUT2D eigenvalue weighted by Gasteiger charge is 2.42. The zero-order chi connectivity index (χ0) is 14.0. The Labute approximate surface area is 127 Å². The fraction of sp³-hybridized carbons (Fsp3) is 0.812. The molecule has 0 radical (unpaired) electrons. The second-order valence-electron chi connectivity index (χ2n) is 6.72. The van der Waals surface area contributed by atoms with Crippen LogP contribution in [0, 0.1) is 5.41 Å². The smallest absolute Gasteiger partial charge is 0.107 e. The second kappa shape index (κ2) is 6.12. The van der Waals surface area contributed by atoms with Gasteiger partial charge in [0.15, 0.2) is 0 Å². The Hall–Kier alpha value is -0.450. The van der Waals surface area contributed by atoms with E-state index in [9.17, 15) is 0 Å². The van der Waals surface area contributed by atoms with Crippen molar-refractivity contribution in [1.29, 1.82) is 0 Å². The maximum absolute atomic E-state index is 4.45. The van der Waals surface area contributed by atoms with Gasteiger partial charge < -0.3 is 4.90 Å². The zero-order valence-corrected chi connectivity index (χ0v) is 13.7. The molecule has 20 heavy (non-hydrogen) atoms. The molecule has 1 aromatic rings. The van der Waals surface area contributed by atoms with E-state index in [1.54, 1.807) is 11.3 Å². The Bertz CT molecular complexity index is 419. The van der Waals surface area contributed by atoms with Crippen molar-refractivity contribution in [1.82, 2.24) is 14.8 Å². The van der Waals surface area contributed by atoms with Crippen molar-refractivity contribution in [3.8, 4) is 0 Å². The van der Waals surface area contributed by atoms with Crippen LogP contribution in [0.25, 0.3) is 0 Å². The Balaban J connectivity index is 1.60. The summed E-state index contributed by atoms with van der Waals surface area (Å²) in [6.07, 6.45) is 7.39. The van der Waals surface area contributed by atoms with Crippen molar-refractivity contribution in [2.24, 2.45) is 5.41 Å². The third-order valence-electron chi connectivity index (χ3n) is 5.26. The SMILES string of the molecule is CC[C@@H](C)N1CC[C@]2(CCCN(Cc3nccs3)C2)C1. The Morgan fingerprint density at radius 3 is 3.00 bits per heavy atom. The van der Waals surface area contributed by atoms with Crippen LogP contribution >= 0.6 is 11.3 Å². The summed E-state index contributed by atoms with van der Waals surface area (Å²) in [4.78, 5) is 9.80. The van der Waals surface area contributed by atoms with E-state index in [2.05, 4.69) is 34.0 Å². The van der Waals surface area contributed by atoms with E-state index in [0.717, 1.165) is 12.6 Å². The van der Waals surface area contributed by atoms with Gasteiger partial charge in [0.05, 0.1) is 6.54 Å². The maximum atomic E-state index is 4.45. The molecule has 4 heteroatoms. The van der Waals surface area contributed by atoms with Crippen LogP contribution in [0.15, 0.2) is 11.6 Å². The molecule has 3 rings (SSSR count). The largest absolute Gasteiger partial charge is 0.300 e. The molecule has 0 bridgehead atoms. The van der Waals surface area contributed by atoms with Crippen molar-refractivity contribution < 1.29 is 0 Å². The van der Waals surface area contributed by atoms with Crippen LogP contribution in [-0.2, 0) is 6.54 Å². The lowest BCUT2D eigenvalue weighted by Gasteiger charge is -2.40. The fourth-order valence-corrected chi connectivity index (χ4v) is 4.56. The molecule has 2 fully saturated rings. The van der Waals surface area contributed by atoms with E-state index < -0.39 is 0 Å². The standard InChI is InChI=1S/C16H27N3S/c1-3-14(2)19-9-6-16(13-19)5-4-8-18(12-16)11-15-17-7-10-20-15/h7,10,14H,3-6,8-9,11-13H2,1-2H3/t14-,16+/m1/s1. The first-order valence-corrected chi connectivity index (χ1v) is 8.93. The molecular weight excluding hydrogens is 266 g/mol. The molecule has 1 aromatic heterocycles. The molecule has 2 aliphatic rings. The first kappa shape index (κ1) is 14.5. The van der Waals surface area contributed by atoms with Gasteiger partial charge in [0.25, 0.3) is 0 Å². The van der Waals surface area contributed by atoms with Crippen molar-refractivity contribution >= 4 is 11.3 Å². The van der Waals surface area contributed by atoms with Crippen molar-refractivity contribution in [2.45, 2.75) is 52.1 Å². The minimum atomic E-state index is 0.568. The van der Waals surface area contributed by atoms with Crippen LogP contribution in [-0.4, -0.2) is 47.0 Å². The van der Waals surface area contributed by atoms with Crippen LogP contribution in [0.3, 0.4) is 0 Å². The number of rotatable bonds is 4. The van der Waals surface area contributed by atoms with Gasteiger partial charge in [-0.3, -0.25) is 4.90 Å². The first-order valence-electron chi connectivity index (χ1n) is 8.05. The number of thiazole rings is 1. The summed E-state index contributed by atoms with van der Waals surface area (Å²) in [6.45, 7) is 10.9. The molecule has 0 unspecified atom stereocenters. The van der Waals surface area contributed by atoms with E-state index in [-0.39, 0.29) is 0 Å². The molecule has 2 saturated heterocycles. The highest BCUT2D eigenvalue weighted by Crippen LogP contribution is 2.40. The van der Waals surface area contributed by atoms with Gasteiger partial charge in [-0.2, -0.15) is 0 Å². The number of hydrogen-bond acceptors (Lipinski definition) is 4. The lowest BCUT2D eigenvalue weighted by Crippen LogP contribution is -2.45. The first-order chi connectivity index (χ1) is 9.71. The van der Waals surface area contributed by atoms with Gasteiger partial charge in [0.2, 0.25) is 0 Å². The van der Waals surface area contributed by atoms with Crippen LogP contribution in [0.5, 0.6) is 0 Å². The molecule has 0 saturated carbocycles. The average molecular weight is 293 g/mol. The van der Waals surface area contributed by atoms with Crippen LogP contribution < -0.4 is 0 Å². The van der Waals surface area contributed by atoms with Crippen molar-refractivity contribution in [2.75, 3.05) is 26.2 Å². The van der Waals surface area contributed by atoms with Crippen molar-refractivity contribution in [3.05, 3.63) is 16.6 Å². The second-order valence-corrected chi connectivity index (χ2v) is 7.70. The van der Waals surface area contributed by atoms with Crippen LogP contribution in [0.2, 0.25) is 0 Å². The Morgan fingerprint density at radius 1 is 1.35 bits per heavy atom. The predicted molar refractivity (Wildman–Crippen MR) is 85.0 cm³/mol. The highest BCUT2D eigenvalue weighted by atomic mass is 32.1. The maximum Gasteiger partial charge on any atom is 0.107 e. The third-order valence-corrected chi connectivity index (χ3v) is 6.03. The van der Waals surface area contributed by atoms with Gasteiger partial charge >= 0.3 is 0 Å². The number of piperidine rings is 1. The summed E-state index contributed by atoms with van der Waals surface area (Å²) in [5.41, 5.74) is 0.568. The lowest BCUT2D eigenvalue weighted by atomic mass is 9.79. The molecule has 3 heterocycles. The van der Waals surface area contributed by atoms with Crippen molar-refractivity contribution in [3.63, 3.8) is 0 Å². The van der Waals surface area contributed by atoms with E-state index in [1.807, 2.05) is 6.20 Å². The highest BCUT2D eigenvalue weighted by molar-refractivity contribution is 7.09.